The standard InChI is InChI=1S/C10H8F6O4S2/c11-9(12,13)5-21(17,18)7-2-1-3-8(4-7)22(19,20)6-10(14,15)16/h1-4H,5-6H2. The smallest absolute Gasteiger partial charge is 0.223 e. The average molecular weight is 370 g/mol. The first kappa shape index (κ1) is 18.7. The minimum absolute atomic E-state index is 0.280. The second-order valence-corrected chi connectivity index (χ2v) is 8.20. The van der Waals surface area contributed by atoms with Crippen molar-refractivity contribution in [1.29, 1.82) is 0 Å². The molecule has 12 heteroatoms. The number of halogens is 6. The molecule has 0 aliphatic heterocycles. The van der Waals surface area contributed by atoms with Crippen molar-refractivity contribution in [2.24, 2.45) is 0 Å². The predicted octanol–water partition coefficient (Wildman–Crippen LogP) is 2.36. The zero-order valence-corrected chi connectivity index (χ0v) is 12.1. The van der Waals surface area contributed by atoms with Gasteiger partial charge in [-0.25, -0.2) is 16.8 Å². The Hall–Kier alpha value is -1.30. The Kier molecular flexibility index (Phi) is 4.88. The zero-order valence-electron chi connectivity index (χ0n) is 10.4. The topological polar surface area (TPSA) is 68.3 Å². The van der Waals surface area contributed by atoms with E-state index in [0.717, 1.165) is 6.07 Å². The summed E-state index contributed by atoms with van der Waals surface area (Å²) in [6, 6.07) is 2.38. The maximum absolute atomic E-state index is 12.1. The van der Waals surface area contributed by atoms with Gasteiger partial charge in [-0.3, -0.25) is 0 Å². The van der Waals surface area contributed by atoms with Crippen LogP contribution in [0, 0.1) is 0 Å². The SMILES string of the molecule is O=S(=O)(CC(F)(F)F)c1cccc(S(=O)(=O)CC(F)(F)F)c1. The van der Waals surface area contributed by atoms with Gasteiger partial charge in [-0.15, -0.1) is 0 Å². The van der Waals surface area contributed by atoms with Gasteiger partial charge in [-0.1, -0.05) is 6.07 Å². The molecule has 1 rings (SSSR count). The summed E-state index contributed by atoms with van der Waals surface area (Å²) in [6.45, 7) is 0. The van der Waals surface area contributed by atoms with E-state index < -0.39 is 53.3 Å². The van der Waals surface area contributed by atoms with E-state index in [1.165, 1.54) is 0 Å². The Morgan fingerprint density at radius 3 is 1.32 bits per heavy atom. The number of benzene rings is 1. The van der Waals surface area contributed by atoms with Gasteiger partial charge in [0.2, 0.25) is 0 Å². The molecule has 0 fully saturated rings. The van der Waals surface area contributed by atoms with E-state index in [2.05, 4.69) is 0 Å². The number of hydrogen-bond donors (Lipinski definition) is 0. The molecule has 126 valence electrons. The van der Waals surface area contributed by atoms with Gasteiger partial charge >= 0.3 is 12.4 Å². The molecule has 0 unspecified atom stereocenters. The lowest BCUT2D eigenvalue weighted by atomic mass is 10.4. The molecule has 1 aromatic carbocycles. The predicted molar refractivity (Wildman–Crippen MR) is 62.7 cm³/mol. The second kappa shape index (κ2) is 5.72. The van der Waals surface area contributed by atoms with Gasteiger partial charge in [0.15, 0.2) is 31.2 Å². The molecule has 0 aliphatic carbocycles. The molecule has 0 amide bonds. The Morgan fingerprint density at radius 1 is 0.727 bits per heavy atom. The minimum Gasteiger partial charge on any atom is -0.223 e. The molecule has 0 N–H and O–H groups in total. The largest absolute Gasteiger partial charge is 0.403 e. The normalized spacial score (nSPS) is 14.1. The van der Waals surface area contributed by atoms with Gasteiger partial charge in [-0.05, 0) is 18.2 Å². The molecule has 0 aliphatic rings. The van der Waals surface area contributed by atoms with E-state index in [9.17, 15) is 43.2 Å². The van der Waals surface area contributed by atoms with Gasteiger partial charge in [-0.2, -0.15) is 26.3 Å². The first-order chi connectivity index (χ1) is 9.62. The van der Waals surface area contributed by atoms with E-state index >= 15 is 0 Å². The van der Waals surface area contributed by atoms with Crippen LogP contribution >= 0.6 is 0 Å². The second-order valence-electron chi connectivity index (χ2n) is 4.22. The number of rotatable bonds is 4. The van der Waals surface area contributed by atoms with Crippen molar-refractivity contribution in [3.8, 4) is 0 Å². The first-order valence-electron chi connectivity index (χ1n) is 5.31. The highest BCUT2D eigenvalue weighted by Gasteiger charge is 2.38. The van der Waals surface area contributed by atoms with Crippen molar-refractivity contribution < 1.29 is 43.2 Å². The van der Waals surface area contributed by atoms with Crippen LogP contribution < -0.4 is 0 Å². The van der Waals surface area contributed by atoms with E-state index in [1.54, 1.807) is 0 Å². The fourth-order valence-corrected chi connectivity index (χ4v) is 3.91. The number of alkyl halides is 6. The number of sulfone groups is 2. The summed E-state index contributed by atoms with van der Waals surface area (Å²) in [4.78, 5) is -2.04. The highest BCUT2D eigenvalue weighted by atomic mass is 32.2. The van der Waals surface area contributed by atoms with Crippen molar-refractivity contribution in [3.05, 3.63) is 24.3 Å². The lowest BCUT2D eigenvalue weighted by Gasteiger charge is -2.10. The molecule has 0 aromatic heterocycles. The third-order valence-electron chi connectivity index (χ3n) is 2.23. The summed E-state index contributed by atoms with van der Waals surface area (Å²) in [5, 5.41) is 0. The van der Waals surface area contributed by atoms with Crippen LogP contribution in [-0.4, -0.2) is 40.7 Å². The van der Waals surface area contributed by atoms with Crippen LogP contribution in [0.15, 0.2) is 34.1 Å². The van der Waals surface area contributed by atoms with E-state index in [0.29, 0.717) is 12.1 Å². The summed E-state index contributed by atoms with van der Waals surface area (Å²) in [6.07, 6.45) is -10.1. The molecule has 22 heavy (non-hydrogen) atoms. The van der Waals surface area contributed by atoms with Crippen LogP contribution in [0.1, 0.15) is 0 Å². The average Bonchev–Trinajstić information content (AvgIpc) is 2.22. The molecule has 1 aromatic rings. The van der Waals surface area contributed by atoms with Gasteiger partial charge in [0, 0.05) is 0 Å². The molecule has 0 saturated heterocycles. The minimum atomic E-state index is -5.07. The molecule has 0 saturated carbocycles. The highest BCUT2D eigenvalue weighted by Crippen LogP contribution is 2.26. The summed E-state index contributed by atoms with van der Waals surface area (Å²) >= 11 is 0. The van der Waals surface area contributed by atoms with Crippen molar-refractivity contribution in [2.75, 3.05) is 11.5 Å². The molecular weight excluding hydrogens is 362 g/mol. The van der Waals surface area contributed by atoms with Crippen LogP contribution in [-0.2, 0) is 19.7 Å². The Bertz CT molecular complexity index is 685. The van der Waals surface area contributed by atoms with E-state index in [-0.39, 0.29) is 6.07 Å². The molecule has 0 spiro atoms. The molecule has 0 bridgehead atoms. The Balaban J connectivity index is 3.26. The van der Waals surface area contributed by atoms with Gasteiger partial charge < -0.3 is 0 Å². The fourth-order valence-electron chi connectivity index (χ4n) is 1.46. The van der Waals surface area contributed by atoms with Crippen molar-refractivity contribution in [3.63, 3.8) is 0 Å². The van der Waals surface area contributed by atoms with Crippen molar-refractivity contribution >= 4 is 19.7 Å². The van der Waals surface area contributed by atoms with Crippen molar-refractivity contribution in [2.45, 2.75) is 22.1 Å². The third-order valence-corrected chi connectivity index (χ3v) is 5.59. The zero-order chi connectivity index (χ0) is 17.4. The highest BCUT2D eigenvalue weighted by molar-refractivity contribution is 7.92. The lowest BCUT2D eigenvalue weighted by molar-refractivity contribution is -0.107. The molecule has 4 nitrogen and oxygen atoms in total. The molecular formula is C10H8F6O4S2. The van der Waals surface area contributed by atoms with Gasteiger partial charge in [0.05, 0.1) is 9.79 Å². The maximum atomic E-state index is 12.1. The monoisotopic (exact) mass is 370 g/mol. The summed E-state index contributed by atoms with van der Waals surface area (Å²) in [5.41, 5.74) is 0. The van der Waals surface area contributed by atoms with Crippen LogP contribution in [0.2, 0.25) is 0 Å². The van der Waals surface area contributed by atoms with Gasteiger partial charge in [0.1, 0.15) is 0 Å². The number of hydrogen-bond acceptors (Lipinski definition) is 4. The first-order valence-corrected chi connectivity index (χ1v) is 8.62. The Morgan fingerprint density at radius 2 is 1.05 bits per heavy atom. The summed E-state index contributed by atoms with van der Waals surface area (Å²) in [7, 11) is -9.83. The van der Waals surface area contributed by atoms with Crippen LogP contribution in [0.3, 0.4) is 0 Å². The molecule has 0 radical (unpaired) electrons. The molecule has 0 heterocycles. The van der Waals surface area contributed by atoms with E-state index in [1.807, 2.05) is 0 Å². The fraction of sp³-hybridized carbons (Fsp3) is 0.400. The van der Waals surface area contributed by atoms with Gasteiger partial charge in [0.25, 0.3) is 0 Å². The van der Waals surface area contributed by atoms with Crippen LogP contribution in [0.4, 0.5) is 26.3 Å². The summed E-state index contributed by atoms with van der Waals surface area (Å²) < 4.78 is 119. The van der Waals surface area contributed by atoms with Crippen LogP contribution in [0.25, 0.3) is 0 Å². The van der Waals surface area contributed by atoms with E-state index in [4.69, 9.17) is 0 Å². The van der Waals surface area contributed by atoms with Crippen molar-refractivity contribution in [1.82, 2.24) is 0 Å². The summed E-state index contributed by atoms with van der Waals surface area (Å²) in [5.74, 6) is -4.49. The molecule has 0 atom stereocenters. The third kappa shape index (κ3) is 5.48. The quantitative estimate of drug-likeness (QED) is 0.763. The lowest BCUT2D eigenvalue weighted by Crippen LogP contribution is -2.24. The Labute approximate surface area is 121 Å². The van der Waals surface area contributed by atoms with Crippen LogP contribution in [0.5, 0.6) is 0 Å². The maximum Gasteiger partial charge on any atom is 0.403 e.